The number of unbranched alkanes of at least 4 members (excludes halogenated alkanes) is 1. The van der Waals surface area contributed by atoms with E-state index >= 15 is 0 Å². The van der Waals surface area contributed by atoms with Gasteiger partial charge in [0.05, 0.1) is 17.9 Å². The first-order valence-electron chi connectivity index (χ1n) is 14.8. The molecule has 1 aromatic rings. The Bertz CT molecular complexity index is 1120. The predicted octanol–water partition coefficient (Wildman–Crippen LogP) is 3.92. The Morgan fingerprint density at radius 2 is 1.90 bits per heavy atom. The molecule has 9 heteroatoms. The van der Waals surface area contributed by atoms with Gasteiger partial charge in [-0.1, -0.05) is 71.8 Å². The van der Waals surface area contributed by atoms with Crippen molar-refractivity contribution in [3.8, 4) is 0 Å². The van der Waals surface area contributed by atoms with Gasteiger partial charge in [-0.25, -0.2) is 0 Å². The number of ether oxygens (including phenoxy) is 1. The molecule has 0 aliphatic carbocycles. The predicted molar refractivity (Wildman–Crippen MR) is 162 cm³/mol. The standard InChI is InChI=1S/C32H44BrN3O5/c1-5-13-22(4)35(17-7-3)31(40)28-32-20-24(33)27(41-32)25(26(32)30(39)36(28)18-11-12-19-37)29(38)34(16-6-2)21-23-14-9-8-10-15-23/h6-10,14-15,22,24-28,37H,2-3,5,11-13,16-21H2,1,4H3/t22?,24?,25-,26-,27-,28?,32?/m0/s1. The van der Waals surface area contributed by atoms with Crippen LogP contribution < -0.4 is 0 Å². The number of hydrogen-bond donors (Lipinski definition) is 1. The SMILES string of the molecule is C=CCN(Cc1ccccc1)C(=O)[C@H]1[C@H]2C(=O)N(CCCCO)C(C(=O)N(CC=C)C(C)CCC)C23CC(Br)[C@@H]1O3. The Kier molecular flexibility index (Phi) is 10.5. The Morgan fingerprint density at radius 1 is 1.20 bits per heavy atom. The summed E-state index contributed by atoms with van der Waals surface area (Å²) in [6.07, 6.45) is 6.17. The maximum atomic E-state index is 14.5. The highest BCUT2D eigenvalue weighted by Crippen LogP contribution is 2.60. The third-order valence-electron chi connectivity index (χ3n) is 8.84. The highest BCUT2D eigenvalue weighted by atomic mass is 79.9. The van der Waals surface area contributed by atoms with Crippen molar-refractivity contribution in [1.29, 1.82) is 0 Å². The number of carbonyl (C=O) groups excluding carboxylic acids is 3. The molecule has 1 aromatic carbocycles. The minimum absolute atomic E-state index is 0.00446. The van der Waals surface area contributed by atoms with E-state index in [1.165, 1.54) is 0 Å². The Morgan fingerprint density at radius 3 is 2.54 bits per heavy atom. The van der Waals surface area contributed by atoms with Crippen LogP contribution in [0, 0.1) is 11.8 Å². The molecule has 41 heavy (non-hydrogen) atoms. The van der Waals surface area contributed by atoms with Crippen LogP contribution in [0.25, 0.3) is 0 Å². The first kappa shape index (κ1) is 31.4. The van der Waals surface area contributed by atoms with Crippen LogP contribution in [0.3, 0.4) is 0 Å². The Hall–Kier alpha value is -2.49. The summed E-state index contributed by atoms with van der Waals surface area (Å²) in [5, 5.41) is 9.44. The third kappa shape index (κ3) is 5.90. The summed E-state index contributed by atoms with van der Waals surface area (Å²) in [5.74, 6) is -2.00. The molecule has 0 radical (unpaired) electrons. The van der Waals surface area contributed by atoms with E-state index in [9.17, 15) is 19.5 Å². The largest absolute Gasteiger partial charge is 0.396 e. The second-order valence-electron chi connectivity index (χ2n) is 11.5. The molecule has 3 aliphatic rings. The van der Waals surface area contributed by atoms with E-state index in [0.29, 0.717) is 45.4 Å². The molecule has 4 unspecified atom stereocenters. The smallest absolute Gasteiger partial charge is 0.248 e. The lowest BCUT2D eigenvalue weighted by molar-refractivity contribution is -0.150. The van der Waals surface area contributed by atoms with Crippen LogP contribution in [-0.4, -0.2) is 92.4 Å². The second kappa shape index (κ2) is 13.7. The maximum Gasteiger partial charge on any atom is 0.248 e. The first-order chi connectivity index (χ1) is 19.7. The number of aliphatic hydroxyl groups is 1. The van der Waals surface area contributed by atoms with E-state index in [4.69, 9.17) is 4.74 Å². The zero-order chi connectivity index (χ0) is 29.7. The summed E-state index contributed by atoms with van der Waals surface area (Å²) >= 11 is 3.77. The van der Waals surface area contributed by atoms with Gasteiger partial charge in [-0.15, -0.1) is 13.2 Å². The van der Waals surface area contributed by atoms with E-state index in [2.05, 4.69) is 36.0 Å². The van der Waals surface area contributed by atoms with Gasteiger partial charge in [0.2, 0.25) is 17.7 Å². The lowest BCUT2D eigenvalue weighted by Gasteiger charge is -2.39. The number of alkyl halides is 1. The van der Waals surface area contributed by atoms with Crippen LogP contribution in [0.4, 0.5) is 0 Å². The monoisotopic (exact) mass is 629 g/mol. The fraction of sp³-hybridized carbons (Fsp3) is 0.594. The van der Waals surface area contributed by atoms with E-state index in [0.717, 1.165) is 18.4 Å². The van der Waals surface area contributed by atoms with Gasteiger partial charge in [0.15, 0.2) is 0 Å². The van der Waals surface area contributed by atoms with Gasteiger partial charge >= 0.3 is 0 Å². The van der Waals surface area contributed by atoms with Crippen LogP contribution in [0.1, 0.15) is 51.5 Å². The van der Waals surface area contributed by atoms with Crippen molar-refractivity contribution in [2.75, 3.05) is 26.2 Å². The molecule has 3 saturated heterocycles. The zero-order valence-corrected chi connectivity index (χ0v) is 25.9. The molecule has 2 bridgehead atoms. The van der Waals surface area contributed by atoms with E-state index in [-0.39, 0.29) is 35.2 Å². The molecule has 1 spiro atoms. The van der Waals surface area contributed by atoms with Crippen molar-refractivity contribution in [2.45, 2.75) is 81.1 Å². The van der Waals surface area contributed by atoms with E-state index < -0.39 is 29.6 Å². The molecular formula is C32H44BrN3O5. The molecule has 0 saturated carbocycles. The molecule has 0 aromatic heterocycles. The van der Waals surface area contributed by atoms with Gasteiger partial charge in [-0.3, -0.25) is 14.4 Å². The summed E-state index contributed by atoms with van der Waals surface area (Å²) in [6, 6.07) is 8.86. The summed E-state index contributed by atoms with van der Waals surface area (Å²) in [7, 11) is 0. The number of hydrogen-bond acceptors (Lipinski definition) is 5. The summed E-state index contributed by atoms with van der Waals surface area (Å²) in [4.78, 5) is 48.1. The molecule has 3 aliphatic heterocycles. The van der Waals surface area contributed by atoms with Crippen molar-refractivity contribution in [1.82, 2.24) is 14.7 Å². The number of nitrogens with zero attached hydrogens (tertiary/aromatic N) is 3. The van der Waals surface area contributed by atoms with Crippen molar-refractivity contribution in [3.05, 3.63) is 61.2 Å². The van der Waals surface area contributed by atoms with Crippen LogP contribution in [-0.2, 0) is 25.7 Å². The average molecular weight is 631 g/mol. The van der Waals surface area contributed by atoms with Gasteiger partial charge in [-0.2, -0.15) is 0 Å². The molecule has 3 fully saturated rings. The molecule has 224 valence electrons. The minimum Gasteiger partial charge on any atom is -0.396 e. The summed E-state index contributed by atoms with van der Waals surface area (Å²) < 4.78 is 6.71. The van der Waals surface area contributed by atoms with Crippen LogP contribution in [0.15, 0.2) is 55.6 Å². The van der Waals surface area contributed by atoms with Gasteiger partial charge in [0, 0.05) is 43.7 Å². The fourth-order valence-electron chi connectivity index (χ4n) is 7.09. The molecule has 7 atom stereocenters. The molecule has 8 nitrogen and oxygen atoms in total. The molecule has 4 rings (SSSR count). The highest BCUT2D eigenvalue weighted by Gasteiger charge is 2.76. The first-order valence-corrected chi connectivity index (χ1v) is 15.7. The number of carbonyl (C=O) groups is 3. The van der Waals surface area contributed by atoms with Gasteiger partial charge in [0.1, 0.15) is 11.6 Å². The third-order valence-corrected chi connectivity index (χ3v) is 9.68. The summed E-state index contributed by atoms with van der Waals surface area (Å²) in [5.41, 5.74) is -0.122. The van der Waals surface area contributed by atoms with Crippen molar-refractivity contribution in [2.24, 2.45) is 11.8 Å². The number of rotatable bonds is 15. The zero-order valence-electron chi connectivity index (χ0n) is 24.3. The number of amides is 3. The summed E-state index contributed by atoms with van der Waals surface area (Å²) in [6.45, 7) is 13.3. The topological polar surface area (TPSA) is 90.4 Å². The molecule has 3 amide bonds. The second-order valence-corrected chi connectivity index (χ2v) is 12.7. The van der Waals surface area contributed by atoms with Crippen molar-refractivity contribution >= 4 is 33.7 Å². The van der Waals surface area contributed by atoms with Gasteiger partial charge in [0.25, 0.3) is 0 Å². The molecule has 3 heterocycles. The number of fused-ring (bicyclic) bond motifs is 1. The van der Waals surface area contributed by atoms with Crippen LogP contribution in [0.2, 0.25) is 0 Å². The van der Waals surface area contributed by atoms with Crippen LogP contribution >= 0.6 is 15.9 Å². The number of halogens is 1. The Balaban J connectivity index is 1.73. The van der Waals surface area contributed by atoms with Gasteiger partial charge in [-0.05, 0) is 38.2 Å². The average Bonchev–Trinajstić information content (AvgIpc) is 3.55. The van der Waals surface area contributed by atoms with E-state index in [1.54, 1.807) is 26.9 Å². The quantitative estimate of drug-likeness (QED) is 0.180. The maximum absolute atomic E-state index is 14.5. The minimum atomic E-state index is -1.11. The number of aliphatic hydroxyl groups excluding tert-OH is 1. The van der Waals surface area contributed by atoms with Gasteiger partial charge < -0.3 is 24.5 Å². The number of likely N-dealkylation sites (tertiary alicyclic amines) is 1. The highest BCUT2D eigenvalue weighted by molar-refractivity contribution is 9.09. The lowest BCUT2D eigenvalue weighted by Crippen LogP contribution is -2.58. The molecular weight excluding hydrogens is 586 g/mol. The number of benzene rings is 1. The fourth-order valence-corrected chi connectivity index (χ4v) is 8.03. The lowest BCUT2D eigenvalue weighted by atomic mass is 9.70. The molecule has 1 N–H and O–H groups in total. The van der Waals surface area contributed by atoms with Crippen LogP contribution in [0.5, 0.6) is 0 Å². The van der Waals surface area contributed by atoms with Crippen molar-refractivity contribution in [3.63, 3.8) is 0 Å². The van der Waals surface area contributed by atoms with Crippen molar-refractivity contribution < 1.29 is 24.2 Å². The Labute approximate surface area is 252 Å². The van der Waals surface area contributed by atoms with E-state index in [1.807, 2.05) is 37.3 Å². The normalized spacial score (nSPS) is 28.8.